The first-order valence-corrected chi connectivity index (χ1v) is 3.11. The molecule has 0 heterocycles. The van der Waals surface area contributed by atoms with Crippen molar-refractivity contribution in [2.75, 3.05) is 7.05 Å². The molecular formula is C8H9LiNO. The molecule has 0 saturated heterocycles. The van der Waals surface area contributed by atoms with Crippen LogP contribution in [0.2, 0.25) is 0 Å². The molecule has 2 nitrogen and oxygen atoms in total. The summed E-state index contributed by atoms with van der Waals surface area (Å²) in [5.41, 5.74) is 0.699. The van der Waals surface area contributed by atoms with Gasteiger partial charge in [-0.2, -0.15) is 0 Å². The molecule has 0 unspecified atom stereocenters. The van der Waals surface area contributed by atoms with Crippen molar-refractivity contribution in [1.29, 1.82) is 0 Å². The maximum Gasteiger partial charge on any atom is 0.251 e. The smallest absolute Gasteiger partial charge is 0.251 e. The first-order chi connectivity index (χ1) is 4.84. The van der Waals surface area contributed by atoms with E-state index < -0.39 is 0 Å². The molecule has 0 bridgehead atoms. The molecule has 0 fully saturated rings. The van der Waals surface area contributed by atoms with Crippen LogP contribution >= 0.6 is 0 Å². The topological polar surface area (TPSA) is 29.1 Å². The van der Waals surface area contributed by atoms with Crippen molar-refractivity contribution in [2.24, 2.45) is 0 Å². The number of benzene rings is 1. The fourth-order valence-electron chi connectivity index (χ4n) is 0.734. The van der Waals surface area contributed by atoms with E-state index in [0.717, 1.165) is 0 Å². The van der Waals surface area contributed by atoms with Gasteiger partial charge >= 0.3 is 0 Å². The van der Waals surface area contributed by atoms with Crippen molar-refractivity contribution in [3.05, 3.63) is 35.9 Å². The van der Waals surface area contributed by atoms with Gasteiger partial charge in [-0.05, 0) is 12.1 Å². The van der Waals surface area contributed by atoms with Crippen LogP contribution < -0.4 is 5.32 Å². The van der Waals surface area contributed by atoms with E-state index in [1.807, 2.05) is 18.2 Å². The zero-order valence-electron chi connectivity index (χ0n) is 6.79. The first kappa shape index (κ1) is 10.3. The number of rotatable bonds is 1. The number of carbonyl (C=O) groups excluding carboxylic acids is 1. The van der Waals surface area contributed by atoms with E-state index in [0.29, 0.717) is 5.56 Å². The monoisotopic (exact) mass is 142 g/mol. The Hall–Kier alpha value is -0.713. The second kappa shape index (κ2) is 5.01. The third kappa shape index (κ3) is 2.79. The van der Waals surface area contributed by atoms with Crippen molar-refractivity contribution < 1.29 is 4.79 Å². The number of hydrogen-bond acceptors (Lipinski definition) is 1. The molecule has 1 aromatic carbocycles. The summed E-state index contributed by atoms with van der Waals surface area (Å²) in [6.45, 7) is 0. The van der Waals surface area contributed by atoms with E-state index in [9.17, 15) is 4.79 Å². The van der Waals surface area contributed by atoms with Gasteiger partial charge in [-0.15, -0.1) is 0 Å². The van der Waals surface area contributed by atoms with Gasteiger partial charge < -0.3 is 5.32 Å². The molecule has 3 heteroatoms. The quantitative estimate of drug-likeness (QED) is 0.573. The Kier molecular flexibility index (Phi) is 4.68. The molecule has 1 N–H and O–H groups in total. The van der Waals surface area contributed by atoms with Crippen LogP contribution in [0.4, 0.5) is 0 Å². The molecule has 0 spiro atoms. The molecule has 0 aliphatic heterocycles. The maximum atomic E-state index is 10.9. The zero-order valence-corrected chi connectivity index (χ0v) is 6.79. The minimum atomic E-state index is -0.0411. The Morgan fingerprint density at radius 1 is 1.27 bits per heavy atom. The fourth-order valence-corrected chi connectivity index (χ4v) is 0.734. The van der Waals surface area contributed by atoms with Crippen LogP contribution in [-0.4, -0.2) is 31.8 Å². The molecule has 53 valence electrons. The minimum Gasteiger partial charge on any atom is -0.355 e. The van der Waals surface area contributed by atoms with Gasteiger partial charge in [0.2, 0.25) is 0 Å². The summed E-state index contributed by atoms with van der Waals surface area (Å²) in [7, 11) is 1.62. The van der Waals surface area contributed by atoms with Crippen LogP contribution in [0.1, 0.15) is 10.4 Å². The Morgan fingerprint density at radius 2 is 1.82 bits per heavy atom. The third-order valence-corrected chi connectivity index (χ3v) is 1.26. The van der Waals surface area contributed by atoms with Gasteiger partial charge in [0.15, 0.2) is 0 Å². The Bertz CT molecular complexity index is 223. The first-order valence-electron chi connectivity index (χ1n) is 3.11. The van der Waals surface area contributed by atoms with E-state index in [1.54, 1.807) is 19.2 Å². The van der Waals surface area contributed by atoms with Crippen molar-refractivity contribution in [1.82, 2.24) is 5.32 Å². The van der Waals surface area contributed by atoms with E-state index >= 15 is 0 Å². The standard InChI is InChI=1S/C8H9NO.Li/c1-9-8(10)7-5-3-2-4-6-7;/h2-6H,1H3,(H,9,10);. The second-order valence-electron chi connectivity index (χ2n) is 1.95. The van der Waals surface area contributed by atoms with Gasteiger partial charge in [-0.25, -0.2) is 0 Å². The second-order valence-corrected chi connectivity index (χ2v) is 1.95. The Morgan fingerprint density at radius 3 is 2.27 bits per heavy atom. The summed E-state index contributed by atoms with van der Waals surface area (Å²) in [6.07, 6.45) is 0. The molecule has 0 atom stereocenters. The third-order valence-electron chi connectivity index (χ3n) is 1.26. The summed E-state index contributed by atoms with van der Waals surface area (Å²) in [5.74, 6) is -0.0411. The number of amides is 1. The molecule has 0 saturated carbocycles. The zero-order chi connectivity index (χ0) is 7.40. The summed E-state index contributed by atoms with van der Waals surface area (Å²) in [5, 5.41) is 2.54. The number of carbonyl (C=O) groups is 1. The van der Waals surface area contributed by atoms with Crippen molar-refractivity contribution in [2.45, 2.75) is 0 Å². The van der Waals surface area contributed by atoms with Gasteiger partial charge in [0, 0.05) is 31.5 Å². The van der Waals surface area contributed by atoms with Crippen LogP contribution in [0.15, 0.2) is 30.3 Å². The molecule has 0 aromatic heterocycles. The Labute approximate surface area is 78.2 Å². The largest absolute Gasteiger partial charge is 0.355 e. The molecule has 1 radical (unpaired) electrons. The van der Waals surface area contributed by atoms with Crippen molar-refractivity contribution in [3.63, 3.8) is 0 Å². The van der Waals surface area contributed by atoms with E-state index in [4.69, 9.17) is 0 Å². The summed E-state index contributed by atoms with van der Waals surface area (Å²) >= 11 is 0. The Balaban J connectivity index is 0.000001000. The number of hydrogen-bond donors (Lipinski definition) is 1. The van der Waals surface area contributed by atoms with Crippen molar-refractivity contribution in [3.8, 4) is 0 Å². The summed E-state index contributed by atoms with van der Waals surface area (Å²) in [4.78, 5) is 10.9. The average molecular weight is 142 g/mol. The van der Waals surface area contributed by atoms with Crippen LogP contribution in [0.3, 0.4) is 0 Å². The van der Waals surface area contributed by atoms with E-state index in [1.165, 1.54) is 0 Å². The number of nitrogens with one attached hydrogen (secondary N) is 1. The summed E-state index contributed by atoms with van der Waals surface area (Å²) < 4.78 is 0. The van der Waals surface area contributed by atoms with Gasteiger partial charge in [-0.3, -0.25) is 4.79 Å². The molecule has 11 heavy (non-hydrogen) atoms. The molecule has 0 aliphatic rings. The van der Waals surface area contributed by atoms with Crippen LogP contribution in [0.5, 0.6) is 0 Å². The minimum absolute atomic E-state index is 0. The van der Waals surface area contributed by atoms with Gasteiger partial charge in [0.25, 0.3) is 5.91 Å². The van der Waals surface area contributed by atoms with Gasteiger partial charge in [-0.1, -0.05) is 18.2 Å². The van der Waals surface area contributed by atoms with Gasteiger partial charge in [0.1, 0.15) is 0 Å². The summed E-state index contributed by atoms with van der Waals surface area (Å²) in [6, 6.07) is 9.11. The molecule has 1 aromatic rings. The molecule has 1 amide bonds. The van der Waals surface area contributed by atoms with E-state index in [2.05, 4.69) is 5.32 Å². The predicted molar refractivity (Wildman–Crippen MR) is 45.6 cm³/mol. The molecule has 1 rings (SSSR count). The van der Waals surface area contributed by atoms with E-state index in [-0.39, 0.29) is 24.8 Å². The van der Waals surface area contributed by atoms with Crippen LogP contribution in [-0.2, 0) is 0 Å². The normalized spacial score (nSPS) is 8.09. The fraction of sp³-hybridized carbons (Fsp3) is 0.125. The van der Waals surface area contributed by atoms with Crippen molar-refractivity contribution >= 4 is 24.8 Å². The SMILES string of the molecule is CNC(=O)c1ccccc1.[Li]. The van der Waals surface area contributed by atoms with Crippen LogP contribution in [0, 0.1) is 0 Å². The maximum absolute atomic E-state index is 10.9. The van der Waals surface area contributed by atoms with Crippen LogP contribution in [0.25, 0.3) is 0 Å². The molecular weight excluding hydrogens is 133 g/mol. The average Bonchev–Trinajstić information content (AvgIpc) is 2.05. The molecule has 0 aliphatic carbocycles. The predicted octanol–water partition coefficient (Wildman–Crippen LogP) is 0.665. The van der Waals surface area contributed by atoms with Gasteiger partial charge in [0.05, 0.1) is 0 Å².